The van der Waals surface area contributed by atoms with Gasteiger partial charge >= 0.3 is 0 Å². The number of aryl methyl sites for hydroxylation is 1. The predicted octanol–water partition coefficient (Wildman–Crippen LogP) is 6.28. The fraction of sp³-hybridized carbons (Fsp3) is 0.684. The first-order chi connectivity index (χ1) is 14.2. The number of hydrogen-bond donors (Lipinski definition) is 0. The number of hydrogen-bond acceptors (Lipinski definition) is 3. The average Bonchev–Trinajstić information content (AvgIpc) is 2.48. The Morgan fingerprint density at radius 1 is 0.815 bits per heavy atom. The molecule has 1 rings (SSSR count). The van der Waals surface area contributed by atoms with Gasteiger partial charge in [0.05, 0.1) is 4.90 Å². The summed E-state index contributed by atoms with van der Waals surface area (Å²) in [5.74, 6) is 0. The molecule has 1 aromatic rings. The molecule has 0 saturated carbocycles. The Morgan fingerprint density at radius 3 is 1.56 bits per heavy atom. The third-order valence-corrected chi connectivity index (χ3v) is 40.1. The highest BCUT2D eigenvalue weighted by atomic mass is 32.2. The molecule has 0 spiro atoms. The predicted molar refractivity (Wildman–Crippen MR) is 130 cm³/mol. The van der Waals surface area contributed by atoms with Crippen molar-refractivity contribution in [2.45, 2.75) is 87.6 Å². The summed E-state index contributed by atoms with van der Waals surface area (Å²) in [4.78, 5) is -0.000126. The van der Waals surface area contributed by atoms with E-state index in [9.17, 15) is 8.42 Å². The molecular formula is C19H40O3SSi4. The summed E-state index contributed by atoms with van der Waals surface area (Å²) < 4.78 is 83.2. The van der Waals surface area contributed by atoms with Gasteiger partial charge in [0, 0.05) is 32.4 Å². The van der Waals surface area contributed by atoms with Crippen LogP contribution in [0.25, 0.3) is 0 Å². The van der Waals surface area contributed by atoms with Gasteiger partial charge in [-0.05, 0) is 36.1 Å². The number of rotatable bonds is 7. The first-order valence-electron chi connectivity index (χ1n) is 12.2. The van der Waals surface area contributed by atoms with E-state index in [1.165, 1.54) is 18.7 Å². The van der Waals surface area contributed by atoms with Gasteiger partial charge in [0.25, 0.3) is 10.1 Å². The van der Waals surface area contributed by atoms with Crippen molar-refractivity contribution >= 4 is 42.7 Å². The summed E-state index contributed by atoms with van der Waals surface area (Å²) in [6.45, 7) is 13.3. The third-order valence-electron chi connectivity index (χ3n) is 5.53. The monoisotopic (exact) mass is 466 g/mol. The Bertz CT molecular complexity index is 932. The average molecular weight is 467 g/mol. The molecule has 0 aliphatic heterocycles. The first kappa shape index (κ1) is 16.8. The van der Waals surface area contributed by atoms with E-state index in [1.807, 2.05) is 46.2 Å². The van der Waals surface area contributed by atoms with Crippen LogP contribution in [0.5, 0.6) is 0 Å². The van der Waals surface area contributed by atoms with E-state index in [0.717, 1.165) is 5.56 Å². The van der Waals surface area contributed by atoms with Gasteiger partial charge in [0.15, 0.2) is 0 Å². The molecule has 0 aliphatic rings. The Kier molecular flexibility index (Phi) is 4.56. The topological polar surface area (TPSA) is 43.4 Å². The first-order valence-corrected chi connectivity index (χ1v) is 23.0. The van der Waals surface area contributed by atoms with E-state index in [-0.39, 0.29) is 4.90 Å². The summed E-state index contributed by atoms with van der Waals surface area (Å²) in [6, 6.07) is 6.31. The third kappa shape index (κ3) is 4.45. The van der Waals surface area contributed by atoms with Crippen LogP contribution in [0.1, 0.15) is 13.8 Å². The molecule has 156 valence electrons. The van der Waals surface area contributed by atoms with Crippen LogP contribution in [0.2, 0.25) is 75.8 Å². The molecule has 0 N–H and O–H groups in total. The van der Waals surface area contributed by atoms with Gasteiger partial charge in [0.1, 0.15) is 0 Å². The van der Waals surface area contributed by atoms with Crippen molar-refractivity contribution in [2.75, 3.05) is 0 Å². The molecule has 0 fully saturated rings. The normalized spacial score (nSPS) is 19.3. The lowest BCUT2D eigenvalue weighted by atomic mass is 10.2. The second kappa shape index (κ2) is 7.35. The lowest BCUT2D eigenvalue weighted by Crippen LogP contribution is -2.76. The van der Waals surface area contributed by atoms with Gasteiger partial charge in [-0.15, -0.1) is 0 Å². The molecule has 0 bridgehead atoms. The lowest BCUT2D eigenvalue weighted by molar-refractivity contribution is 0.479. The van der Waals surface area contributed by atoms with Crippen LogP contribution >= 0.6 is 0 Å². The molecular weight excluding hydrogens is 421 g/mol. The minimum Gasteiger partial charge on any atom is -0.312 e. The highest BCUT2D eigenvalue weighted by Gasteiger charge is 2.69. The molecule has 27 heavy (non-hydrogen) atoms. The van der Waals surface area contributed by atoms with Crippen LogP contribution in [0.4, 0.5) is 0 Å². The molecule has 8 heteroatoms. The minimum absolute atomic E-state index is 0.000126. The van der Waals surface area contributed by atoms with Crippen LogP contribution in [-0.4, -0.2) is 41.0 Å². The van der Waals surface area contributed by atoms with E-state index in [2.05, 4.69) is 0 Å². The second-order valence-electron chi connectivity index (χ2n) is 10.2. The quantitative estimate of drug-likeness (QED) is 0.444. The fourth-order valence-corrected chi connectivity index (χ4v) is 51.1. The highest BCUT2D eigenvalue weighted by Crippen LogP contribution is 2.60. The molecule has 0 unspecified atom stereocenters. The maximum atomic E-state index is 13.5. The van der Waals surface area contributed by atoms with Crippen molar-refractivity contribution < 1.29 is 20.5 Å². The van der Waals surface area contributed by atoms with E-state index in [4.69, 9.17) is 12.1 Å². The summed E-state index contributed by atoms with van der Waals surface area (Å²) in [7, 11) is -17.4. The summed E-state index contributed by atoms with van der Waals surface area (Å²) in [5, 5.41) is 0. The van der Waals surface area contributed by atoms with Crippen LogP contribution in [-0.2, 0) is 14.0 Å². The SMILES string of the molecule is [2H]C([2H])([2H])[Si](C)(C([2H])([2H])[2H])C([Si](C)(C)C)([Si](C)(C)C)[Si](C)(C)OS(=O)(=O)c1ccc(C)cc1. The molecule has 3 nitrogen and oxygen atoms in total. The van der Waals surface area contributed by atoms with Crippen LogP contribution in [0, 0.1) is 6.92 Å². The molecule has 0 amide bonds. The van der Waals surface area contributed by atoms with Crippen molar-refractivity contribution in [1.82, 2.24) is 0 Å². The van der Waals surface area contributed by atoms with E-state index in [0.29, 0.717) is 0 Å². The van der Waals surface area contributed by atoms with E-state index in [1.54, 1.807) is 25.2 Å². The van der Waals surface area contributed by atoms with Crippen molar-refractivity contribution in [3.63, 3.8) is 0 Å². The van der Waals surface area contributed by atoms with E-state index >= 15 is 0 Å². The zero-order valence-electron chi connectivity index (χ0n) is 24.4. The Morgan fingerprint density at radius 2 is 1.22 bits per heavy atom. The summed E-state index contributed by atoms with van der Waals surface area (Å²) in [5.41, 5.74) is 0.897. The molecule has 0 heterocycles. The molecule has 1 aromatic carbocycles. The van der Waals surface area contributed by atoms with Crippen molar-refractivity contribution in [1.29, 1.82) is 0 Å². The van der Waals surface area contributed by atoms with Crippen molar-refractivity contribution in [2.24, 2.45) is 0 Å². The molecule has 0 saturated heterocycles. The van der Waals surface area contributed by atoms with Gasteiger partial charge in [-0.3, -0.25) is 0 Å². The number of benzene rings is 1. The highest BCUT2D eigenvalue weighted by molar-refractivity contribution is 7.88. The van der Waals surface area contributed by atoms with E-state index < -0.39 is 59.5 Å². The summed E-state index contributed by atoms with van der Waals surface area (Å²) in [6.07, 6.45) is 0. The van der Waals surface area contributed by atoms with Crippen LogP contribution in [0.3, 0.4) is 0 Å². The lowest BCUT2D eigenvalue weighted by Gasteiger charge is -2.64. The fourth-order valence-electron chi connectivity index (χ4n) is 6.12. The van der Waals surface area contributed by atoms with Gasteiger partial charge in [-0.1, -0.05) is 76.5 Å². The van der Waals surface area contributed by atoms with Gasteiger partial charge in [-0.2, -0.15) is 8.42 Å². The molecule has 0 radical (unpaired) electrons. The largest absolute Gasteiger partial charge is 0.312 e. The zero-order valence-corrected chi connectivity index (χ0v) is 23.3. The Hall–Kier alpha value is -0.00247. The minimum atomic E-state index is -4.25. The van der Waals surface area contributed by atoms with Crippen LogP contribution in [0.15, 0.2) is 29.2 Å². The Balaban J connectivity index is 4.16. The molecule has 0 atom stereocenters. The maximum absolute atomic E-state index is 13.5. The smallest absolute Gasteiger partial charge is 0.287 e. The van der Waals surface area contributed by atoms with Gasteiger partial charge < -0.3 is 3.87 Å². The van der Waals surface area contributed by atoms with Gasteiger partial charge in [0.2, 0.25) is 8.32 Å². The maximum Gasteiger partial charge on any atom is 0.287 e. The standard InChI is InChI=1S/C19H40O3SSi4/c1-17-13-15-18(16-14-17)23(20,21)22-27(11,12)19(24(2,3)4,25(5,6)7)26(8,9)10/h13-16H,1-12H3/i2D3,3D3. The van der Waals surface area contributed by atoms with Gasteiger partial charge in [-0.25, -0.2) is 0 Å². The van der Waals surface area contributed by atoms with Crippen LogP contribution < -0.4 is 0 Å². The molecule has 0 aliphatic carbocycles. The van der Waals surface area contributed by atoms with Crippen molar-refractivity contribution in [3.05, 3.63) is 29.8 Å². The zero-order chi connectivity index (χ0) is 26.7. The Labute approximate surface area is 180 Å². The van der Waals surface area contributed by atoms with Crippen molar-refractivity contribution in [3.8, 4) is 0 Å². The molecule has 0 aromatic heterocycles. The summed E-state index contributed by atoms with van der Waals surface area (Å²) >= 11 is 0. The second-order valence-corrected chi connectivity index (χ2v) is 32.6.